The Morgan fingerprint density at radius 1 is 1.50 bits per heavy atom. The highest BCUT2D eigenvalue weighted by molar-refractivity contribution is 5.27. The Balaban J connectivity index is 2.29. The first-order valence-corrected chi connectivity index (χ1v) is 5.89. The van der Waals surface area contributed by atoms with Gasteiger partial charge < -0.3 is 9.64 Å². The van der Waals surface area contributed by atoms with Gasteiger partial charge in [0.15, 0.2) is 0 Å². The first-order valence-electron chi connectivity index (χ1n) is 5.89. The van der Waals surface area contributed by atoms with Crippen molar-refractivity contribution < 1.29 is 4.74 Å². The van der Waals surface area contributed by atoms with Gasteiger partial charge in [0.1, 0.15) is 0 Å². The Bertz CT molecular complexity index is 325. The van der Waals surface area contributed by atoms with E-state index in [1.807, 2.05) is 12.3 Å². The smallest absolute Gasteiger partial charge is 0.0607 e. The van der Waals surface area contributed by atoms with Crippen LogP contribution in [0.5, 0.6) is 0 Å². The van der Waals surface area contributed by atoms with Crippen LogP contribution in [0.4, 0.5) is 0 Å². The van der Waals surface area contributed by atoms with Gasteiger partial charge in [0.25, 0.3) is 0 Å². The third-order valence-corrected chi connectivity index (χ3v) is 3.41. The highest BCUT2D eigenvalue weighted by atomic mass is 16.5. The number of rotatable bonds is 3. The molecule has 0 saturated carbocycles. The minimum atomic E-state index is 0.358. The summed E-state index contributed by atoms with van der Waals surface area (Å²) >= 11 is 0. The molecule has 0 N–H and O–H groups in total. The molecule has 0 aliphatic carbocycles. The normalized spacial score (nSPS) is 22.6. The number of hydrogen-bond acceptors (Lipinski definition) is 3. The van der Waals surface area contributed by atoms with E-state index < -0.39 is 0 Å². The molecule has 2 rings (SSSR count). The van der Waals surface area contributed by atoms with E-state index in [4.69, 9.17) is 4.74 Å². The Morgan fingerprint density at radius 2 is 2.31 bits per heavy atom. The van der Waals surface area contributed by atoms with E-state index in [9.17, 15) is 0 Å². The van der Waals surface area contributed by atoms with Gasteiger partial charge in [-0.2, -0.15) is 0 Å². The van der Waals surface area contributed by atoms with Gasteiger partial charge >= 0.3 is 0 Å². The van der Waals surface area contributed by atoms with Gasteiger partial charge in [-0.05, 0) is 39.1 Å². The number of hydrogen-bond donors (Lipinski definition) is 0. The highest BCUT2D eigenvalue weighted by Crippen LogP contribution is 2.30. The van der Waals surface area contributed by atoms with Gasteiger partial charge in [-0.25, -0.2) is 0 Å². The zero-order chi connectivity index (χ0) is 11.5. The van der Waals surface area contributed by atoms with E-state index in [0.717, 1.165) is 19.6 Å². The molecular formula is C13H20N2O. The molecule has 1 aromatic rings. The molecule has 0 unspecified atom stereocenters. The Morgan fingerprint density at radius 3 is 2.94 bits per heavy atom. The van der Waals surface area contributed by atoms with Crippen molar-refractivity contribution in [2.24, 2.45) is 0 Å². The summed E-state index contributed by atoms with van der Waals surface area (Å²) in [6, 6.07) is 4.58. The van der Waals surface area contributed by atoms with Crippen molar-refractivity contribution in [3.8, 4) is 0 Å². The second kappa shape index (κ2) is 4.93. The first kappa shape index (κ1) is 11.6. The van der Waals surface area contributed by atoms with E-state index >= 15 is 0 Å². The van der Waals surface area contributed by atoms with Crippen LogP contribution < -0.4 is 0 Å². The van der Waals surface area contributed by atoms with Gasteiger partial charge in [-0.1, -0.05) is 6.07 Å². The third-order valence-electron chi connectivity index (χ3n) is 3.41. The lowest BCUT2D eigenvalue weighted by Gasteiger charge is -2.23. The molecular weight excluding hydrogens is 200 g/mol. The van der Waals surface area contributed by atoms with Crippen LogP contribution in [-0.2, 0) is 4.74 Å². The van der Waals surface area contributed by atoms with Crippen molar-refractivity contribution in [3.05, 3.63) is 29.6 Å². The van der Waals surface area contributed by atoms with Crippen LogP contribution in [0.2, 0.25) is 0 Å². The zero-order valence-corrected chi connectivity index (χ0v) is 10.3. The molecule has 16 heavy (non-hydrogen) atoms. The lowest BCUT2D eigenvalue weighted by molar-refractivity contribution is 0.193. The first-order chi connectivity index (χ1) is 7.70. The summed E-state index contributed by atoms with van der Waals surface area (Å²) in [6.07, 6.45) is 3.01. The summed E-state index contributed by atoms with van der Waals surface area (Å²) in [5.74, 6) is 0.533. The van der Waals surface area contributed by atoms with Crippen molar-refractivity contribution in [2.45, 2.75) is 25.3 Å². The van der Waals surface area contributed by atoms with Gasteiger partial charge in [0.2, 0.25) is 0 Å². The summed E-state index contributed by atoms with van der Waals surface area (Å²) in [6.45, 7) is 3.93. The minimum Gasteiger partial charge on any atom is -0.381 e. The number of ether oxygens (including phenoxy) is 1. The standard InChI is InChI=1S/C13H20N2O/c1-10(15(2)3)13-12(5-4-7-14-13)11-6-8-16-9-11/h4-5,7,10-11H,6,8-9H2,1-3H3/t10-,11-/m1/s1. The van der Waals surface area contributed by atoms with Crippen LogP contribution in [0, 0.1) is 0 Å². The minimum absolute atomic E-state index is 0.358. The van der Waals surface area contributed by atoms with Crippen molar-refractivity contribution in [3.63, 3.8) is 0 Å². The van der Waals surface area contributed by atoms with E-state index in [-0.39, 0.29) is 0 Å². The van der Waals surface area contributed by atoms with Crippen LogP contribution in [0.1, 0.15) is 36.6 Å². The van der Waals surface area contributed by atoms with E-state index in [0.29, 0.717) is 12.0 Å². The van der Waals surface area contributed by atoms with E-state index in [2.05, 4.69) is 37.0 Å². The molecule has 2 heterocycles. The number of aromatic nitrogens is 1. The molecule has 0 aromatic carbocycles. The van der Waals surface area contributed by atoms with Crippen molar-refractivity contribution in [1.29, 1.82) is 0 Å². The molecule has 0 radical (unpaired) electrons. The summed E-state index contributed by atoms with van der Waals surface area (Å²) in [5, 5.41) is 0. The van der Waals surface area contributed by atoms with Gasteiger partial charge in [0, 0.05) is 24.8 Å². The molecule has 1 aliphatic heterocycles. The molecule has 2 atom stereocenters. The second-order valence-electron chi connectivity index (χ2n) is 4.68. The molecule has 3 nitrogen and oxygen atoms in total. The lowest BCUT2D eigenvalue weighted by atomic mass is 9.94. The van der Waals surface area contributed by atoms with E-state index in [1.165, 1.54) is 11.3 Å². The fourth-order valence-corrected chi connectivity index (χ4v) is 2.15. The molecule has 1 saturated heterocycles. The zero-order valence-electron chi connectivity index (χ0n) is 10.3. The molecule has 1 aromatic heterocycles. The predicted molar refractivity (Wildman–Crippen MR) is 64.5 cm³/mol. The summed E-state index contributed by atoms with van der Waals surface area (Å²) in [4.78, 5) is 6.74. The van der Waals surface area contributed by atoms with Crippen LogP contribution >= 0.6 is 0 Å². The topological polar surface area (TPSA) is 25.4 Å². The maximum absolute atomic E-state index is 5.47. The van der Waals surface area contributed by atoms with Crippen LogP contribution in [-0.4, -0.2) is 37.2 Å². The van der Waals surface area contributed by atoms with E-state index in [1.54, 1.807) is 0 Å². The second-order valence-corrected chi connectivity index (χ2v) is 4.68. The van der Waals surface area contributed by atoms with Crippen LogP contribution in [0.25, 0.3) is 0 Å². The number of nitrogens with zero attached hydrogens (tertiary/aromatic N) is 2. The largest absolute Gasteiger partial charge is 0.381 e. The Labute approximate surface area is 97.4 Å². The lowest BCUT2D eigenvalue weighted by Crippen LogP contribution is -2.20. The van der Waals surface area contributed by atoms with Crippen molar-refractivity contribution in [1.82, 2.24) is 9.88 Å². The van der Waals surface area contributed by atoms with Gasteiger partial charge in [0.05, 0.1) is 12.3 Å². The highest BCUT2D eigenvalue weighted by Gasteiger charge is 2.23. The SMILES string of the molecule is C[C@H](c1ncccc1[C@@H]1CCOC1)N(C)C. The average Bonchev–Trinajstić information content (AvgIpc) is 2.81. The Kier molecular flexibility index (Phi) is 3.56. The summed E-state index contributed by atoms with van der Waals surface area (Å²) < 4.78 is 5.47. The molecule has 0 spiro atoms. The molecule has 3 heteroatoms. The molecule has 1 fully saturated rings. The van der Waals surface area contributed by atoms with Crippen LogP contribution in [0.15, 0.2) is 18.3 Å². The van der Waals surface area contributed by atoms with Crippen LogP contribution in [0.3, 0.4) is 0 Å². The quantitative estimate of drug-likeness (QED) is 0.781. The molecule has 88 valence electrons. The van der Waals surface area contributed by atoms with Crippen molar-refractivity contribution >= 4 is 0 Å². The van der Waals surface area contributed by atoms with Gasteiger partial charge in [-0.15, -0.1) is 0 Å². The average molecular weight is 220 g/mol. The molecule has 0 bridgehead atoms. The maximum atomic E-state index is 5.47. The van der Waals surface area contributed by atoms with Crippen molar-refractivity contribution in [2.75, 3.05) is 27.3 Å². The monoisotopic (exact) mass is 220 g/mol. The maximum Gasteiger partial charge on any atom is 0.0607 e. The number of pyridine rings is 1. The fourth-order valence-electron chi connectivity index (χ4n) is 2.15. The molecule has 1 aliphatic rings. The third kappa shape index (κ3) is 2.25. The summed E-state index contributed by atoms with van der Waals surface area (Å²) in [5.41, 5.74) is 2.56. The predicted octanol–water partition coefficient (Wildman–Crippen LogP) is 2.21. The fraction of sp³-hybridized carbons (Fsp3) is 0.615. The summed E-state index contributed by atoms with van der Waals surface area (Å²) in [7, 11) is 4.18. The Hall–Kier alpha value is -0.930. The molecule has 0 amide bonds. The van der Waals surface area contributed by atoms with Gasteiger partial charge in [-0.3, -0.25) is 4.98 Å².